The van der Waals surface area contributed by atoms with Gasteiger partial charge in [-0.2, -0.15) is 0 Å². The summed E-state index contributed by atoms with van der Waals surface area (Å²) in [5.41, 5.74) is 13.8. The molecule has 0 unspecified atom stereocenters. The number of benzene rings is 6. The molecule has 0 saturated heterocycles. The Bertz CT molecular complexity index is 2050. The average molecular weight is 518 g/mol. The zero-order valence-electron chi connectivity index (χ0n) is 21.2. The molecular formula is C37H24ClN. The third-order valence-electron chi connectivity index (χ3n) is 8.09. The monoisotopic (exact) mass is 517 g/mol. The number of aromatic nitrogens is 1. The van der Waals surface area contributed by atoms with Crippen molar-refractivity contribution in [2.24, 2.45) is 0 Å². The third-order valence-corrected chi connectivity index (χ3v) is 8.33. The van der Waals surface area contributed by atoms with Crippen molar-refractivity contribution >= 4 is 33.4 Å². The molecule has 6 aromatic carbocycles. The molecule has 0 radical (unpaired) electrons. The van der Waals surface area contributed by atoms with Crippen molar-refractivity contribution in [2.75, 3.05) is 0 Å². The van der Waals surface area contributed by atoms with Gasteiger partial charge >= 0.3 is 0 Å². The normalized spacial score (nSPS) is 12.1. The second-order valence-electron chi connectivity index (χ2n) is 10.3. The molecule has 0 saturated carbocycles. The SMILES string of the molecule is Clc1ccc2c(c1)-c1ccccc1-c1cc(-c3ccc4c(c3)c3ccccc3n4-c3ccccc3)ccc1C2. The zero-order valence-corrected chi connectivity index (χ0v) is 22.0. The Hall–Kier alpha value is -4.59. The molecule has 8 rings (SSSR count). The van der Waals surface area contributed by atoms with Crippen molar-refractivity contribution in [2.45, 2.75) is 6.42 Å². The lowest BCUT2D eigenvalue weighted by atomic mass is 9.92. The van der Waals surface area contributed by atoms with Crippen LogP contribution >= 0.6 is 11.6 Å². The number of nitrogens with zero attached hydrogens (tertiary/aromatic N) is 1. The molecule has 1 heterocycles. The van der Waals surface area contributed by atoms with E-state index in [2.05, 4.69) is 132 Å². The van der Waals surface area contributed by atoms with Gasteiger partial charge in [0, 0.05) is 21.5 Å². The van der Waals surface area contributed by atoms with Crippen LogP contribution in [0.15, 0.2) is 133 Å². The molecule has 0 bridgehead atoms. The minimum atomic E-state index is 0.776. The highest BCUT2D eigenvalue weighted by atomic mass is 35.5. The predicted octanol–water partition coefficient (Wildman–Crippen LogP) is 10.3. The zero-order chi connectivity index (χ0) is 25.9. The summed E-state index contributed by atoms with van der Waals surface area (Å²) in [4.78, 5) is 0. The summed E-state index contributed by atoms with van der Waals surface area (Å²) in [6, 6.07) is 48.2. The van der Waals surface area contributed by atoms with Gasteiger partial charge < -0.3 is 4.57 Å². The Labute approximate surface area is 232 Å². The van der Waals surface area contributed by atoms with E-state index in [9.17, 15) is 0 Å². The van der Waals surface area contributed by atoms with Crippen molar-refractivity contribution in [3.8, 4) is 39.1 Å². The van der Waals surface area contributed by atoms with Gasteiger partial charge in [0.1, 0.15) is 0 Å². The molecule has 0 spiro atoms. The quantitative estimate of drug-likeness (QED) is 0.215. The van der Waals surface area contributed by atoms with Gasteiger partial charge in [-0.25, -0.2) is 0 Å². The largest absolute Gasteiger partial charge is 0.309 e. The lowest BCUT2D eigenvalue weighted by Crippen LogP contribution is -1.93. The standard InChI is InChI=1S/C37H24ClN/c38-28-18-16-27-20-26-15-14-24(21-33(26)30-10-4-5-11-31(30)34(27)23-28)25-17-19-37-35(22-25)32-12-6-7-13-36(32)39(37)29-8-2-1-3-9-29/h1-19,21-23H,20H2. The van der Waals surface area contributed by atoms with Gasteiger partial charge in [-0.15, -0.1) is 0 Å². The number of rotatable bonds is 2. The van der Waals surface area contributed by atoms with Crippen LogP contribution in [-0.2, 0) is 6.42 Å². The molecule has 184 valence electrons. The topological polar surface area (TPSA) is 4.93 Å². The lowest BCUT2D eigenvalue weighted by Gasteiger charge is -2.13. The molecule has 0 amide bonds. The van der Waals surface area contributed by atoms with Crippen LogP contribution < -0.4 is 0 Å². The average Bonchev–Trinajstić information content (AvgIpc) is 3.25. The van der Waals surface area contributed by atoms with Crippen LogP contribution in [0, 0.1) is 0 Å². The van der Waals surface area contributed by atoms with Crippen molar-refractivity contribution in [3.63, 3.8) is 0 Å². The van der Waals surface area contributed by atoms with Gasteiger partial charge in [0.2, 0.25) is 0 Å². The third kappa shape index (κ3) is 3.55. The van der Waals surface area contributed by atoms with Crippen molar-refractivity contribution < 1.29 is 0 Å². The molecule has 2 heteroatoms. The highest BCUT2D eigenvalue weighted by molar-refractivity contribution is 6.31. The van der Waals surface area contributed by atoms with Gasteiger partial charge in [0.15, 0.2) is 0 Å². The first kappa shape index (κ1) is 22.4. The number of halogens is 1. The van der Waals surface area contributed by atoms with Crippen LogP contribution in [0.3, 0.4) is 0 Å². The highest BCUT2D eigenvalue weighted by Crippen LogP contribution is 2.43. The first-order valence-electron chi connectivity index (χ1n) is 13.3. The number of hydrogen-bond acceptors (Lipinski definition) is 0. The van der Waals surface area contributed by atoms with Crippen LogP contribution in [-0.4, -0.2) is 4.57 Å². The minimum absolute atomic E-state index is 0.776. The summed E-state index contributed by atoms with van der Waals surface area (Å²) in [7, 11) is 0. The molecule has 0 fully saturated rings. The van der Waals surface area contributed by atoms with Crippen LogP contribution in [0.25, 0.3) is 60.9 Å². The van der Waals surface area contributed by atoms with E-state index in [4.69, 9.17) is 11.6 Å². The molecule has 7 aromatic rings. The fraction of sp³-hybridized carbons (Fsp3) is 0.0270. The van der Waals surface area contributed by atoms with Crippen LogP contribution in [0.1, 0.15) is 11.1 Å². The Balaban J connectivity index is 1.33. The van der Waals surface area contributed by atoms with E-state index in [1.54, 1.807) is 0 Å². The first-order valence-corrected chi connectivity index (χ1v) is 13.7. The van der Waals surface area contributed by atoms with E-state index < -0.39 is 0 Å². The van der Waals surface area contributed by atoms with E-state index >= 15 is 0 Å². The van der Waals surface area contributed by atoms with Gasteiger partial charge in [-0.1, -0.05) is 96.5 Å². The van der Waals surface area contributed by atoms with E-state index in [1.807, 2.05) is 6.07 Å². The maximum Gasteiger partial charge on any atom is 0.0541 e. The Morgan fingerprint density at radius 3 is 1.90 bits per heavy atom. The molecule has 39 heavy (non-hydrogen) atoms. The number of fused-ring (bicyclic) bond motifs is 8. The fourth-order valence-electron chi connectivity index (χ4n) is 6.28. The number of hydrogen-bond donors (Lipinski definition) is 0. The van der Waals surface area contributed by atoms with Crippen molar-refractivity contribution in [3.05, 3.63) is 150 Å². The van der Waals surface area contributed by atoms with Crippen molar-refractivity contribution in [1.29, 1.82) is 0 Å². The molecule has 0 N–H and O–H groups in total. The van der Waals surface area contributed by atoms with Gasteiger partial charge in [0.25, 0.3) is 0 Å². The smallest absolute Gasteiger partial charge is 0.0541 e. The summed E-state index contributed by atoms with van der Waals surface area (Å²) >= 11 is 6.44. The van der Waals surface area contributed by atoms with Gasteiger partial charge in [-0.05, 0) is 99.5 Å². The molecule has 0 aliphatic heterocycles. The van der Waals surface area contributed by atoms with E-state index in [0.29, 0.717) is 0 Å². The van der Waals surface area contributed by atoms with E-state index in [1.165, 1.54) is 72.0 Å². The Morgan fingerprint density at radius 1 is 0.462 bits per heavy atom. The second-order valence-corrected chi connectivity index (χ2v) is 10.8. The molecule has 1 aliphatic rings. The first-order chi connectivity index (χ1) is 19.2. The Morgan fingerprint density at radius 2 is 1.08 bits per heavy atom. The molecule has 0 atom stereocenters. The molecule has 1 aromatic heterocycles. The minimum Gasteiger partial charge on any atom is -0.309 e. The van der Waals surface area contributed by atoms with Crippen LogP contribution in [0.4, 0.5) is 0 Å². The van der Waals surface area contributed by atoms with Gasteiger partial charge in [0.05, 0.1) is 11.0 Å². The van der Waals surface area contributed by atoms with E-state index in [-0.39, 0.29) is 0 Å². The summed E-state index contributed by atoms with van der Waals surface area (Å²) in [5.74, 6) is 0. The maximum atomic E-state index is 6.44. The molecule has 1 aliphatic carbocycles. The fourth-order valence-corrected chi connectivity index (χ4v) is 6.45. The number of para-hydroxylation sites is 2. The summed E-state index contributed by atoms with van der Waals surface area (Å²) in [6.45, 7) is 0. The maximum absolute atomic E-state index is 6.44. The summed E-state index contributed by atoms with van der Waals surface area (Å²) in [6.07, 6.45) is 0.889. The summed E-state index contributed by atoms with van der Waals surface area (Å²) < 4.78 is 2.37. The van der Waals surface area contributed by atoms with Gasteiger partial charge in [-0.3, -0.25) is 0 Å². The van der Waals surface area contributed by atoms with Crippen molar-refractivity contribution in [1.82, 2.24) is 4.57 Å². The lowest BCUT2D eigenvalue weighted by molar-refractivity contribution is 1.18. The van der Waals surface area contributed by atoms with Crippen LogP contribution in [0.5, 0.6) is 0 Å². The second kappa shape index (κ2) is 8.73. The highest BCUT2D eigenvalue weighted by Gasteiger charge is 2.20. The predicted molar refractivity (Wildman–Crippen MR) is 165 cm³/mol. The van der Waals surface area contributed by atoms with Crippen LogP contribution in [0.2, 0.25) is 5.02 Å². The Kier molecular flexibility index (Phi) is 5.01. The van der Waals surface area contributed by atoms with E-state index in [0.717, 1.165) is 11.4 Å². The molecule has 1 nitrogen and oxygen atoms in total. The summed E-state index contributed by atoms with van der Waals surface area (Å²) in [5, 5.41) is 3.31. The molecular weight excluding hydrogens is 494 g/mol.